The van der Waals surface area contributed by atoms with Gasteiger partial charge in [-0.1, -0.05) is 0 Å². The third-order valence-electron chi connectivity index (χ3n) is 1.15. The number of rotatable bonds is 2. The topological polar surface area (TPSA) is 26.0 Å². The van der Waals surface area contributed by atoms with E-state index in [1.54, 1.807) is 0 Å². The second kappa shape index (κ2) is 6.43. The van der Waals surface area contributed by atoms with Crippen LogP contribution in [0.5, 0.6) is 0 Å². The third kappa shape index (κ3) is 3.38. The van der Waals surface area contributed by atoms with Gasteiger partial charge in [0.15, 0.2) is 0 Å². The highest BCUT2D eigenvalue weighted by molar-refractivity contribution is 9.50. The largest absolute Gasteiger partial charge is 0.398 e. The summed E-state index contributed by atoms with van der Waals surface area (Å²) in [6, 6.07) is 5.93. The highest BCUT2D eigenvalue weighted by atomic mass is 79.9. The Labute approximate surface area is 101 Å². The summed E-state index contributed by atoms with van der Waals surface area (Å²) in [6.07, 6.45) is 0. The quantitative estimate of drug-likeness (QED) is 0.795. The van der Waals surface area contributed by atoms with Crippen molar-refractivity contribution in [1.82, 2.24) is 0 Å². The summed E-state index contributed by atoms with van der Waals surface area (Å²) < 4.78 is 0. The van der Waals surface area contributed by atoms with Gasteiger partial charge in [0.05, 0.1) is 0 Å². The first-order chi connectivity index (χ1) is 5.27. The van der Waals surface area contributed by atoms with E-state index in [0.717, 1.165) is 15.5 Å². The van der Waals surface area contributed by atoms with Crippen LogP contribution in [0.1, 0.15) is 0 Å². The molecule has 0 fully saturated rings. The van der Waals surface area contributed by atoms with Gasteiger partial charge in [-0.15, -0.1) is 12.4 Å². The van der Waals surface area contributed by atoms with Gasteiger partial charge in [-0.25, -0.2) is 0 Å². The van der Waals surface area contributed by atoms with E-state index in [2.05, 4.69) is 29.6 Å². The molecule has 0 radical (unpaired) electrons. The maximum atomic E-state index is 5.72. The summed E-state index contributed by atoms with van der Waals surface area (Å²) in [5.74, 6) is 0. The van der Waals surface area contributed by atoms with Crippen LogP contribution in [0.3, 0.4) is 0 Å². The van der Waals surface area contributed by atoms with E-state index < -0.39 is 0 Å². The molecule has 0 saturated heterocycles. The van der Waals surface area contributed by atoms with E-state index in [4.69, 9.17) is 5.73 Å². The zero-order valence-electron chi connectivity index (χ0n) is 5.79. The third-order valence-corrected chi connectivity index (χ3v) is 4.29. The molecule has 0 saturated carbocycles. The molecule has 0 aliphatic carbocycles. The second-order valence-electron chi connectivity index (χ2n) is 1.85. The first-order valence-corrected chi connectivity index (χ1v) is 8.06. The zero-order chi connectivity index (χ0) is 8.27. The SMILES string of the molecule is Cl.Nc1cc(SBr)ccc1SBr. The predicted octanol–water partition coefficient (Wildman–Crippen LogP) is 4.49. The molecule has 1 nitrogen and oxygen atoms in total. The highest BCUT2D eigenvalue weighted by Crippen LogP contribution is 2.34. The Morgan fingerprint density at radius 3 is 2.25 bits per heavy atom. The molecule has 12 heavy (non-hydrogen) atoms. The van der Waals surface area contributed by atoms with Gasteiger partial charge in [-0.2, -0.15) is 0 Å². The first-order valence-electron chi connectivity index (χ1n) is 2.74. The number of benzene rings is 1. The smallest absolute Gasteiger partial charge is 0.0472 e. The molecule has 0 aliphatic heterocycles. The van der Waals surface area contributed by atoms with Crippen LogP contribution in [0.4, 0.5) is 5.69 Å². The number of nitrogens with two attached hydrogens (primary N) is 1. The molecule has 6 heteroatoms. The van der Waals surface area contributed by atoms with Crippen LogP contribution in [0.15, 0.2) is 28.0 Å². The molecule has 0 aromatic heterocycles. The number of halogens is 3. The molecule has 2 N–H and O–H groups in total. The standard InChI is InChI=1S/C6H5Br2NS2.ClH/c7-10-4-1-2-6(11-8)5(9)3-4;/h1-3H,9H2;1H. The van der Waals surface area contributed by atoms with E-state index in [9.17, 15) is 0 Å². The lowest BCUT2D eigenvalue weighted by atomic mass is 10.3. The van der Waals surface area contributed by atoms with Crippen LogP contribution >= 0.6 is 62.4 Å². The van der Waals surface area contributed by atoms with E-state index in [-0.39, 0.29) is 12.4 Å². The molecule has 0 amide bonds. The molecule has 1 aromatic carbocycles. The Hall–Kier alpha value is 0.970. The van der Waals surface area contributed by atoms with Crippen LogP contribution in [-0.2, 0) is 0 Å². The molecule has 1 rings (SSSR count). The fourth-order valence-electron chi connectivity index (χ4n) is 0.645. The molecule has 0 atom stereocenters. The Bertz CT molecular complexity index is 259. The summed E-state index contributed by atoms with van der Waals surface area (Å²) in [7, 11) is 2.99. The summed E-state index contributed by atoms with van der Waals surface area (Å²) in [5.41, 5.74) is 6.52. The molecule has 0 aliphatic rings. The molecule has 1 aromatic rings. The van der Waals surface area contributed by atoms with Crippen LogP contribution in [0, 0.1) is 0 Å². The lowest BCUT2D eigenvalue weighted by Crippen LogP contribution is -1.86. The molecule has 0 spiro atoms. The Balaban J connectivity index is 0.00000121. The van der Waals surface area contributed by atoms with Crippen molar-refractivity contribution in [1.29, 1.82) is 0 Å². The fourth-order valence-corrected chi connectivity index (χ4v) is 2.69. The summed E-state index contributed by atoms with van der Waals surface area (Å²) >= 11 is 6.55. The van der Waals surface area contributed by atoms with Crippen LogP contribution < -0.4 is 5.73 Å². The Morgan fingerprint density at radius 2 is 1.83 bits per heavy atom. The average molecular weight is 352 g/mol. The van der Waals surface area contributed by atoms with Gasteiger partial charge in [-0.3, -0.25) is 0 Å². The maximum absolute atomic E-state index is 5.72. The summed E-state index contributed by atoms with van der Waals surface area (Å²) in [5, 5.41) is 0. The van der Waals surface area contributed by atoms with Crippen LogP contribution in [0.25, 0.3) is 0 Å². The van der Waals surface area contributed by atoms with Gasteiger partial charge >= 0.3 is 0 Å². The lowest BCUT2D eigenvalue weighted by Gasteiger charge is -2.01. The zero-order valence-corrected chi connectivity index (χ0v) is 11.4. The van der Waals surface area contributed by atoms with Crippen molar-refractivity contribution in [2.24, 2.45) is 0 Å². The van der Waals surface area contributed by atoms with Crippen molar-refractivity contribution in [3.8, 4) is 0 Å². The molecule has 68 valence electrons. The molecular weight excluding hydrogens is 345 g/mol. The normalized spacial score (nSPS) is 9.17. The van der Waals surface area contributed by atoms with Crippen molar-refractivity contribution in [2.75, 3.05) is 5.73 Å². The van der Waals surface area contributed by atoms with Crippen LogP contribution in [0.2, 0.25) is 0 Å². The minimum absolute atomic E-state index is 0. The van der Waals surface area contributed by atoms with Gasteiger partial charge in [0.2, 0.25) is 0 Å². The van der Waals surface area contributed by atoms with E-state index in [1.165, 1.54) is 20.4 Å². The van der Waals surface area contributed by atoms with Gasteiger partial charge in [-0.05, 0) is 68.2 Å². The van der Waals surface area contributed by atoms with E-state index >= 15 is 0 Å². The van der Waals surface area contributed by atoms with Gasteiger partial charge in [0, 0.05) is 15.5 Å². The van der Waals surface area contributed by atoms with Crippen LogP contribution in [-0.4, -0.2) is 0 Å². The molecule has 0 unspecified atom stereocenters. The summed E-state index contributed by atoms with van der Waals surface area (Å²) in [4.78, 5) is 2.17. The second-order valence-corrected chi connectivity index (χ2v) is 5.02. The van der Waals surface area contributed by atoms with E-state index in [1.807, 2.05) is 18.2 Å². The Kier molecular flexibility index (Phi) is 6.95. The maximum Gasteiger partial charge on any atom is 0.0472 e. The van der Waals surface area contributed by atoms with Crippen molar-refractivity contribution >= 4 is 68.1 Å². The number of hydrogen-bond donors (Lipinski definition) is 1. The minimum atomic E-state index is 0. The van der Waals surface area contributed by atoms with Gasteiger partial charge in [0.25, 0.3) is 0 Å². The fraction of sp³-hybridized carbons (Fsp3) is 0. The van der Waals surface area contributed by atoms with Crippen molar-refractivity contribution in [2.45, 2.75) is 9.79 Å². The molecule has 0 heterocycles. The average Bonchev–Trinajstić information content (AvgIpc) is 2.04. The summed E-state index contributed by atoms with van der Waals surface area (Å²) in [6.45, 7) is 0. The number of hydrogen-bond acceptors (Lipinski definition) is 3. The molecular formula is C6H6Br2ClNS2. The van der Waals surface area contributed by atoms with Gasteiger partial charge in [0.1, 0.15) is 0 Å². The Morgan fingerprint density at radius 1 is 1.17 bits per heavy atom. The number of anilines is 1. The first kappa shape index (κ1) is 13.0. The molecule has 0 bridgehead atoms. The number of nitrogen functional groups attached to an aromatic ring is 1. The van der Waals surface area contributed by atoms with Crippen molar-refractivity contribution in [3.05, 3.63) is 18.2 Å². The van der Waals surface area contributed by atoms with Crippen molar-refractivity contribution in [3.63, 3.8) is 0 Å². The lowest BCUT2D eigenvalue weighted by molar-refractivity contribution is 1.37. The predicted molar refractivity (Wildman–Crippen MR) is 67.7 cm³/mol. The van der Waals surface area contributed by atoms with Gasteiger partial charge < -0.3 is 5.73 Å². The minimum Gasteiger partial charge on any atom is -0.398 e. The van der Waals surface area contributed by atoms with Crippen molar-refractivity contribution < 1.29 is 0 Å². The monoisotopic (exact) mass is 349 g/mol. The highest BCUT2D eigenvalue weighted by Gasteiger charge is 1.98. The van der Waals surface area contributed by atoms with E-state index in [0.29, 0.717) is 0 Å².